The van der Waals surface area contributed by atoms with E-state index >= 15 is 0 Å². The lowest BCUT2D eigenvalue weighted by Crippen LogP contribution is -2.08. The summed E-state index contributed by atoms with van der Waals surface area (Å²) >= 11 is 5.81. The molecule has 0 saturated heterocycles. The number of ether oxygens (including phenoxy) is 1. The minimum Gasteiger partial charge on any atom is -0.370 e. The van der Waals surface area contributed by atoms with Gasteiger partial charge in [-0.15, -0.1) is 0 Å². The van der Waals surface area contributed by atoms with Gasteiger partial charge < -0.3 is 15.0 Å². The highest BCUT2D eigenvalue weighted by atomic mass is 35.5. The number of nitrogens with zero attached hydrogens (tertiary/aromatic N) is 2. The van der Waals surface area contributed by atoms with E-state index in [1.165, 1.54) is 0 Å². The van der Waals surface area contributed by atoms with Gasteiger partial charge in [0.1, 0.15) is 6.61 Å². The molecule has 0 amide bonds. The van der Waals surface area contributed by atoms with E-state index in [4.69, 9.17) is 26.6 Å². The van der Waals surface area contributed by atoms with Gasteiger partial charge in [-0.25, -0.2) is 0 Å². The van der Waals surface area contributed by atoms with E-state index in [0.29, 0.717) is 42.9 Å². The fourth-order valence-electron chi connectivity index (χ4n) is 1.45. The quantitative estimate of drug-likeness (QED) is 0.808. The third kappa shape index (κ3) is 3.80. The maximum atomic E-state index is 5.81. The standard InChI is InChI=1S/C12H14ClN3O2/c13-10-3-1-9(2-4-10)7-11-15-12(18-16-11)8-17-6-5-14/h1-4H,5-8,14H2. The number of halogens is 1. The molecular weight excluding hydrogens is 254 g/mol. The van der Waals surface area contributed by atoms with Gasteiger partial charge in [-0.1, -0.05) is 28.9 Å². The van der Waals surface area contributed by atoms with Gasteiger partial charge in [-0.3, -0.25) is 0 Å². The molecule has 18 heavy (non-hydrogen) atoms. The van der Waals surface area contributed by atoms with Gasteiger partial charge in [-0.2, -0.15) is 4.98 Å². The molecule has 0 spiro atoms. The second kappa shape index (κ2) is 6.49. The lowest BCUT2D eigenvalue weighted by atomic mass is 10.1. The van der Waals surface area contributed by atoms with Gasteiger partial charge in [0.25, 0.3) is 5.89 Å². The van der Waals surface area contributed by atoms with Crippen molar-refractivity contribution in [2.45, 2.75) is 13.0 Å². The van der Waals surface area contributed by atoms with Crippen LogP contribution in [0.4, 0.5) is 0 Å². The highest BCUT2D eigenvalue weighted by Gasteiger charge is 2.07. The fourth-order valence-corrected chi connectivity index (χ4v) is 1.57. The van der Waals surface area contributed by atoms with Crippen molar-refractivity contribution in [2.24, 2.45) is 5.73 Å². The molecule has 2 aromatic rings. The maximum absolute atomic E-state index is 5.81. The van der Waals surface area contributed by atoms with Gasteiger partial charge in [0.05, 0.1) is 6.61 Å². The van der Waals surface area contributed by atoms with Gasteiger partial charge in [0.15, 0.2) is 5.82 Å². The first-order chi connectivity index (χ1) is 8.78. The molecule has 0 aliphatic carbocycles. The molecule has 0 saturated carbocycles. The number of benzene rings is 1. The Morgan fingerprint density at radius 3 is 2.78 bits per heavy atom. The summed E-state index contributed by atoms with van der Waals surface area (Å²) in [5, 5.41) is 4.59. The molecule has 0 aliphatic heterocycles. The molecule has 0 unspecified atom stereocenters. The highest BCUT2D eigenvalue weighted by Crippen LogP contribution is 2.12. The van der Waals surface area contributed by atoms with Gasteiger partial charge in [-0.05, 0) is 17.7 Å². The Morgan fingerprint density at radius 2 is 2.06 bits per heavy atom. The van der Waals surface area contributed by atoms with Crippen LogP contribution in [0.25, 0.3) is 0 Å². The summed E-state index contributed by atoms with van der Waals surface area (Å²) in [7, 11) is 0. The minimum atomic E-state index is 0.296. The van der Waals surface area contributed by atoms with Gasteiger partial charge in [0, 0.05) is 18.0 Å². The van der Waals surface area contributed by atoms with Crippen molar-refractivity contribution in [3.05, 3.63) is 46.6 Å². The molecule has 0 radical (unpaired) electrons. The van der Waals surface area contributed by atoms with Gasteiger partial charge >= 0.3 is 0 Å². The summed E-state index contributed by atoms with van der Waals surface area (Å²) in [5.74, 6) is 1.09. The Balaban J connectivity index is 1.91. The Morgan fingerprint density at radius 1 is 1.28 bits per heavy atom. The predicted octanol–water partition coefficient (Wildman–Crippen LogP) is 1.79. The molecule has 2 rings (SSSR count). The molecule has 5 nitrogen and oxygen atoms in total. The number of aromatic nitrogens is 2. The normalized spacial score (nSPS) is 10.8. The lowest BCUT2D eigenvalue weighted by molar-refractivity contribution is 0.104. The predicted molar refractivity (Wildman–Crippen MR) is 67.3 cm³/mol. The van der Waals surface area contributed by atoms with Gasteiger partial charge in [0.2, 0.25) is 0 Å². The van der Waals surface area contributed by atoms with Crippen molar-refractivity contribution < 1.29 is 9.26 Å². The van der Waals surface area contributed by atoms with E-state index < -0.39 is 0 Å². The number of hydrogen-bond donors (Lipinski definition) is 1. The van der Waals surface area contributed by atoms with Crippen LogP contribution in [0, 0.1) is 0 Å². The van der Waals surface area contributed by atoms with Crippen molar-refractivity contribution in [3.63, 3.8) is 0 Å². The van der Waals surface area contributed by atoms with Crippen molar-refractivity contribution in [1.82, 2.24) is 10.1 Å². The Bertz CT molecular complexity index is 484. The third-order valence-electron chi connectivity index (χ3n) is 2.27. The van der Waals surface area contributed by atoms with Crippen molar-refractivity contribution in [2.75, 3.05) is 13.2 Å². The summed E-state index contributed by atoms with van der Waals surface area (Å²) in [6, 6.07) is 7.54. The molecular formula is C12H14ClN3O2. The number of rotatable bonds is 6. The summed E-state index contributed by atoms with van der Waals surface area (Å²) in [5.41, 5.74) is 6.39. The summed E-state index contributed by atoms with van der Waals surface area (Å²) < 4.78 is 10.3. The molecule has 0 bridgehead atoms. The molecule has 1 heterocycles. The first kappa shape index (κ1) is 13.0. The highest BCUT2D eigenvalue weighted by molar-refractivity contribution is 6.30. The van der Waals surface area contributed by atoms with Crippen LogP contribution in [0.2, 0.25) is 5.02 Å². The van der Waals surface area contributed by atoms with Crippen LogP contribution >= 0.6 is 11.6 Å². The lowest BCUT2D eigenvalue weighted by Gasteiger charge is -1.96. The molecule has 0 fully saturated rings. The van der Waals surface area contributed by atoms with Crippen LogP contribution in [0.5, 0.6) is 0 Å². The molecule has 6 heteroatoms. The third-order valence-corrected chi connectivity index (χ3v) is 2.53. The molecule has 0 aliphatic rings. The minimum absolute atomic E-state index is 0.296. The molecule has 2 N–H and O–H groups in total. The van der Waals surface area contributed by atoms with E-state index in [0.717, 1.165) is 5.56 Å². The van der Waals surface area contributed by atoms with Crippen molar-refractivity contribution in [3.8, 4) is 0 Å². The smallest absolute Gasteiger partial charge is 0.252 e. The fraction of sp³-hybridized carbons (Fsp3) is 0.333. The molecule has 1 aromatic heterocycles. The topological polar surface area (TPSA) is 74.2 Å². The molecule has 0 atom stereocenters. The van der Waals surface area contributed by atoms with Crippen LogP contribution in [0.3, 0.4) is 0 Å². The summed E-state index contributed by atoms with van der Waals surface area (Å²) in [6.07, 6.45) is 0.609. The zero-order valence-corrected chi connectivity index (χ0v) is 10.6. The largest absolute Gasteiger partial charge is 0.370 e. The Hall–Kier alpha value is -1.43. The SMILES string of the molecule is NCCOCc1nc(Cc2ccc(Cl)cc2)no1. The Kier molecular flexibility index (Phi) is 4.69. The first-order valence-electron chi connectivity index (χ1n) is 5.61. The van der Waals surface area contributed by atoms with Crippen LogP contribution in [-0.2, 0) is 17.8 Å². The average molecular weight is 268 g/mol. The summed E-state index contributed by atoms with van der Waals surface area (Å²) in [6.45, 7) is 1.26. The van der Waals surface area contributed by atoms with Crippen LogP contribution in [-0.4, -0.2) is 23.3 Å². The molecule has 96 valence electrons. The second-order valence-electron chi connectivity index (χ2n) is 3.75. The van der Waals surface area contributed by atoms with Crippen LogP contribution < -0.4 is 5.73 Å². The summed E-state index contributed by atoms with van der Waals surface area (Å²) in [4.78, 5) is 4.22. The van der Waals surface area contributed by atoms with Crippen LogP contribution in [0.1, 0.15) is 17.3 Å². The van der Waals surface area contributed by atoms with E-state index in [1.807, 2.05) is 24.3 Å². The van der Waals surface area contributed by atoms with Crippen LogP contribution in [0.15, 0.2) is 28.8 Å². The van der Waals surface area contributed by atoms with Crippen molar-refractivity contribution in [1.29, 1.82) is 0 Å². The number of hydrogen-bond acceptors (Lipinski definition) is 5. The van der Waals surface area contributed by atoms with E-state index in [2.05, 4.69) is 10.1 Å². The van der Waals surface area contributed by atoms with Crippen molar-refractivity contribution >= 4 is 11.6 Å². The number of nitrogens with two attached hydrogens (primary N) is 1. The zero-order chi connectivity index (χ0) is 12.8. The zero-order valence-electron chi connectivity index (χ0n) is 9.80. The Labute approximate surface area is 110 Å². The average Bonchev–Trinajstić information content (AvgIpc) is 2.80. The first-order valence-corrected chi connectivity index (χ1v) is 5.99. The van der Waals surface area contributed by atoms with E-state index in [9.17, 15) is 0 Å². The molecule has 1 aromatic carbocycles. The van der Waals surface area contributed by atoms with E-state index in [1.54, 1.807) is 0 Å². The van der Waals surface area contributed by atoms with E-state index in [-0.39, 0.29) is 0 Å². The maximum Gasteiger partial charge on any atom is 0.252 e. The monoisotopic (exact) mass is 267 g/mol. The second-order valence-corrected chi connectivity index (χ2v) is 4.19.